The number of hydrogen-bond donors (Lipinski definition) is 2. The highest BCUT2D eigenvalue weighted by atomic mass is 16.5. The van der Waals surface area contributed by atoms with Gasteiger partial charge in [0.05, 0.1) is 44.5 Å². The van der Waals surface area contributed by atoms with Gasteiger partial charge in [-0.3, -0.25) is 4.79 Å². The van der Waals surface area contributed by atoms with E-state index < -0.39 is 28.8 Å². The zero-order valence-electron chi connectivity index (χ0n) is 33.4. The zero-order chi connectivity index (χ0) is 37.5. The van der Waals surface area contributed by atoms with E-state index in [1.165, 1.54) is 5.57 Å². The summed E-state index contributed by atoms with van der Waals surface area (Å²) in [4.78, 5) is 31.4. The minimum absolute atomic E-state index is 0.184. The Bertz CT molecular complexity index is 1530. The second-order valence-electron chi connectivity index (χ2n) is 19.4. The van der Waals surface area contributed by atoms with Gasteiger partial charge in [-0.2, -0.15) is 0 Å². The van der Waals surface area contributed by atoms with Gasteiger partial charge in [-0.05, 0) is 98.2 Å². The molecule has 3 saturated carbocycles. The third-order valence-electron chi connectivity index (χ3n) is 16.5. The number of carbonyl (C=O) groups excluding carboxylic acids is 1. The standard InChI is InChI=1S/C42H67N3O6/c1-12-50-36(48)34-44-19-20-45(34)30-21-42-24-49-22-38(8,33(30)51-23-41(11,43)26(4)5)31(42)14-13-28-29(42)15-16-40(10)32(35(46)47)37(7,27(6)25(2)3)17-18-39(28,40)9/h15,19-20,25-28,30-33H,12-14,16-18,21-24,43H2,1-11H3,(H,46,47)/t27-,28+,30-,31+,32-,33+,37-,38+,39-,40+,41+,42+/m1/s1. The van der Waals surface area contributed by atoms with Crippen LogP contribution in [0.15, 0.2) is 24.0 Å². The maximum Gasteiger partial charge on any atom is 0.374 e. The highest BCUT2D eigenvalue weighted by Crippen LogP contribution is 2.75. The van der Waals surface area contributed by atoms with Crippen molar-refractivity contribution in [2.45, 2.75) is 132 Å². The molecule has 1 aromatic heterocycles. The third-order valence-corrected chi connectivity index (χ3v) is 16.5. The Hall–Kier alpha value is -2.23. The fourth-order valence-electron chi connectivity index (χ4n) is 12.5. The Balaban J connectivity index is 1.47. The van der Waals surface area contributed by atoms with Gasteiger partial charge in [0.25, 0.3) is 0 Å². The number of carboxylic acid groups (broad SMARTS) is 1. The number of nitrogens with two attached hydrogens (primary N) is 1. The van der Waals surface area contributed by atoms with Crippen LogP contribution in [0.3, 0.4) is 0 Å². The molecule has 0 aromatic carbocycles. The van der Waals surface area contributed by atoms with Crippen molar-refractivity contribution in [2.75, 3.05) is 26.4 Å². The summed E-state index contributed by atoms with van der Waals surface area (Å²) >= 11 is 0. The Labute approximate surface area is 306 Å². The van der Waals surface area contributed by atoms with Gasteiger partial charge in [0, 0.05) is 28.8 Å². The molecule has 12 atom stereocenters. The van der Waals surface area contributed by atoms with Gasteiger partial charge >= 0.3 is 11.9 Å². The van der Waals surface area contributed by atoms with Gasteiger partial charge in [0.1, 0.15) is 0 Å². The summed E-state index contributed by atoms with van der Waals surface area (Å²) in [6, 6.07) is -0.200. The minimum Gasteiger partial charge on any atom is -0.481 e. The Morgan fingerprint density at radius 1 is 1.10 bits per heavy atom. The number of ether oxygens (including phenoxy) is 3. The van der Waals surface area contributed by atoms with Crippen molar-refractivity contribution < 1.29 is 28.9 Å². The molecule has 286 valence electrons. The molecule has 9 nitrogen and oxygen atoms in total. The fraction of sp³-hybridized carbons (Fsp3) is 0.833. The summed E-state index contributed by atoms with van der Waals surface area (Å²) in [5, 5.41) is 11.1. The Kier molecular flexibility index (Phi) is 9.79. The van der Waals surface area contributed by atoms with Crippen molar-refractivity contribution in [1.29, 1.82) is 0 Å². The van der Waals surface area contributed by atoms with E-state index in [0.29, 0.717) is 37.5 Å². The number of imidazole rings is 1. The number of hydrogen-bond acceptors (Lipinski definition) is 7. The van der Waals surface area contributed by atoms with Crippen molar-refractivity contribution in [3.8, 4) is 0 Å². The van der Waals surface area contributed by atoms with Crippen LogP contribution < -0.4 is 5.73 Å². The van der Waals surface area contributed by atoms with E-state index in [9.17, 15) is 14.7 Å². The number of fused-ring (bicyclic) bond motifs is 3. The number of esters is 1. The number of nitrogens with zero attached hydrogens (tertiary/aromatic N) is 2. The summed E-state index contributed by atoms with van der Waals surface area (Å²) < 4.78 is 21.3. The number of carbonyl (C=O) groups is 2. The summed E-state index contributed by atoms with van der Waals surface area (Å²) in [6.45, 7) is 26.0. The lowest BCUT2D eigenvalue weighted by atomic mass is 9.34. The van der Waals surface area contributed by atoms with Crippen molar-refractivity contribution in [1.82, 2.24) is 9.55 Å². The predicted octanol–water partition coefficient (Wildman–Crippen LogP) is 7.95. The zero-order valence-corrected chi connectivity index (χ0v) is 33.4. The number of aromatic nitrogens is 2. The molecule has 6 rings (SSSR count). The smallest absolute Gasteiger partial charge is 0.374 e. The molecule has 0 spiro atoms. The molecule has 1 aromatic rings. The molecule has 0 unspecified atom stereocenters. The van der Waals surface area contributed by atoms with E-state index in [1.807, 2.05) is 17.7 Å². The van der Waals surface area contributed by atoms with Crippen molar-refractivity contribution in [3.63, 3.8) is 0 Å². The van der Waals surface area contributed by atoms with Crippen LogP contribution in [0.25, 0.3) is 0 Å². The molecule has 0 radical (unpaired) electrons. The normalized spacial score (nSPS) is 42.2. The summed E-state index contributed by atoms with van der Waals surface area (Å²) in [5.74, 6) is 0.241. The first-order valence-corrected chi connectivity index (χ1v) is 19.9. The largest absolute Gasteiger partial charge is 0.481 e. The number of aliphatic carboxylic acids is 1. The topological polar surface area (TPSA) is 126 Å². The summed E-state index contributed by atoms with van der Waals surface area (Å²) in [6.07, 6.45) is 11.3. The van der Waals surface area contributed by atoms with Gasteiger partial charge in [-0.1, -0.05) is 74.0 Å². The predicted molar refractivity (Wildman–Crippen MR) is 198 cm³/mol. The molecule has 2 bridgehead atoms. The quantitative estimate of drug-likeness (QED) is 0.185. The van der Waals surface area contributed by atoms with E-state index in [2.05, 4.69) is 80.3 Å². The van der Waals surface area contributed by atoms with Crippen molar-refractivity contribution >= 4 is 11.9 Å². The number of allylic oxidation sites excluding steroid dienone is 1. The van der Waals surface area contributed by atoms with Crippen LogP contribution in [-0.4, -0.2) is 64.7 Å². The van der Waals surface area contributed by atoms with Gasteiger partial charge < -0.3 is 29.6 Å². The van der Waals surface area contributed by atoms with E-state index in [1.54, 1.807) is 6.20 Å². The molecule has 0 amide bonds. The van der Waals surface area contributed by atoms with Crippen LogP contribution in [0.5, 0.6) is 0 Å². The molecular weight excluding hydrogens is 642 g/mol. The minimum atomic E-state index is -0.645. The molecular formula is C42H67N3O6. The summed E-state index contributed by atoms with van der Waals surface area (Å²) in [5.41, 5.74) is 6.24. The second kappa shape index (κ2) is 13.0. The van der Waals surface area contributed by atoms with Crippen LogP contribution in [0.1, 0.15) is 131 Å². The van der Waals surface area contributed by atoms with Crippen molar-refractivity contribution in [3.05, 3.63) is 29.9 Å². The maximum atomic E-state index is 13.5. The molecule has 5 aliphatic rings. The van der Waals surface area contributed by atoms with Gasteiger partial charge in [0.2, 0.25) is 5.82 Å². The first-order chi connectivity index (χ1) is 23.7. The highest BCUT2D eigenvalue weighted by molar-refractivity contribution is 5.85. The van der Waals surface area contributed by atoms with Crippen LogP contribution in [0, 0.1) is 62.6 Å². The monoisotopic (exact) mass is 710 g/mol. The molecule has 9 heteroatoms. The molecule has 2 heterocycles. The lowest BCUT2D eigenvalue weighted by Gasteiger charge is -2.71. The number of rotatable bonds is 10. The molecule has 1 aliphatic heterocycles. The van der Waals surface area contributed by atoms with E-state index in [-0.39, 0.29) is 58.2 Å². The maximum absolute atomic E-state index is 13.5. The molecule has 4 fully saturated rings. The molecule has 51 heavy (non-hydrogen) atoms. The van der Waals surface area contributed by atoms with Gasteiger partial charge in [-0.25, -0.2) is 9.78 Å². The third kappa shape index (κ3) is 5.51. The summed E-state index contributed by atoms with van der Waals surface area (Å²) in [7, 11) is 0. The first kappa shape index (κ1) is 38.5. The van der Waals surface area contributed by atoms with Crippen LogP contribution >= 0.6 is 0 Å². The second-order valence-corrected chi connectivity index (χ2v) is 19.4. The SMILES string of the molecule is CCOC(=O)c1nccn1[C@@H]1C[C@@]23COC[C@@](C)([C@@H]2CC[C@H]2C3=CC[C@@]3(C)[C@H](C(=O)O)[C@@](C)([C@H](C)C(C)C)CC[C@]23C)[C@H]1OC[C@](C)(N)C(C)C. The molecule has 1 saturated heterocycles. The highest BCUT2D eigenvalue weighted by Gasteiger charge is 2.72. The average Bonchev–Trinajstić information content (AvgIpc) is 3.54. The first-order valence-electron chi connectivity index (χ1n) is 19.9. The molecule has 4 aliphatic carbocycles. The lowest BCUT2D eigenvalue weighted by molar-refractivity contribution is -0.251. The number of carboxylic acids is 1. The Morgan fingerprint density at radius 2 is 1.80 bits per heavy atom. The van der Waals surface area contributed by atoms with Crippen molar-refractivity contribution in [2.24, 2.45) is 68.3 Å². The van der Waals surface area contributed by atoms with Gasteiger partial charge in [0.15, 0.2) is 0 Å². The van der Waals surface area contributed by atoms with Crippen LogP contribution in [0.2, 0.25) is 0 Å². The van der Waals surface area contributed by atoms with E-state index in [0.717, 1.165) is 38.5 Å². The average molecular weight is 710 g/mol. The van der Waals surface area contributed by atoms with E-state index >= 15 is 0 Å². The fourth-order valence-corrected chi connectivity index (χ4v) is 12.5. The van der Waals surface area contributed by atoms with Crippen LogP contribution in [0.4, 0.5) is 0 Å². The lowest BCUT2D eigenvalue weighted by Crippen LogP contribution is -2.69. The Morgan fingerprint density at radius 3 is 2.43 bits per heavy atom. The van der Waals surface area contributed by atoms with Crippen LogP contribution in [-0.2, 0) is 19.0 Å². The molecule has 3 N–H and O–H groups in total. The van der Waals surface area contributed by atoms with E-state index in [4.69, 9.17) is 19.9 Å². The van der Waals surface area contributed by atoms with Gasteiger partial charge in [-0.15, -0.1) is 0 Å².